The first kappa shape index (κ1) is 16.4. The lowest BCUT2D eigenvalue weighted by Crippen LogP contribution is -2.43. The summed E-state index contributed by atoms with van der Waals surface area (Å²) in [6, 6.07) is 0. The highest BCUT2D eigenvalue weighted by Gasteiger charge is 2.22. The van der Waals surface area contributed by atoms with Gasteiger partial charge < -0.3 is 11.1 Å². The van der Waals surface area contributed by atoms with Gasteiger partial charge in [0.2, 0.25) is 5.91 Å². The van der Waals surface area contributed by atoms with E-state index in [0.29, 0.717) is 13.0 Å². The zero-order valence-corrected chi connectivity index (χ0v) is 12.2. The Balaban J connectivity index is 4.03. The van der Waals surface area contributed by atoms with Crippen molar-refractivity contribution in [2.24, 2.45) is 11.1 Å². The van der Waals surface area contributed by atoms with E-state index in [-0.39, 0.29) is 16.9 Å². The highest BCUT2D eigenvalue weighted by atomic mass is 16.1. The average molecular weight is 242 g/mol. The molecule has 0 radical (unpaired) electrons. The van der Waals surface area contributed by atoms with Crippen LogP contribution < -0.4 is 11.1 Å². The predicted molar refractivity (Wildman–Crippen MR) is 73.8 cm³/mol. The van der Waals surface area contributed by atoms with Crippen LogP contribution in [0.15, 0.2) is 0 Å². The monoisotopic (exact) mass is 242 g/mol. The number of hydrogen-bond acceptors (Lipinski definition) is 2. The lowest BCUT2D eigenvalue weighted by molar-refractivity contribution is -0.123. The quantitative estimate of drug-likeness (QED) is 0.687. The van der Waals surface area contributed by atoms with Gasteiger partial charge in [-0.05, 0) is 45.1 Å². The number of carbonyl (C=O) groups is 1. The van der Waals surface area contributed by atoms with Crippen LogP contribution in [0.25, 0.3) is 0 Å². The molecule has 0 rings (SSSR count). The van der Waals surface area contributed by atoms with E-state index >= 15 is 0 Å². The van der Waals surface area contributed by atoms with Crippen molar-refractivity contribution >= 4 is 5.91 Å². The summed E-state index contributed by atoms with van der Waals surface area (Å²) in [5.41, 5.74) is 5.65. The zero-order valence-electron chi connectivity index (χ0n) is 12.2. The molecule has 1 amide bonds. The number of amides is 1. The first-order chi connectivity index (χ1) is 7.72. The van der Waals surface area contributed by atoms with Gasteiger partial charge in [-0.2, -0.15) is 0 Å². The maximum atomic E-state index is 11.8. The second kappa shape index (κ2) is 7.00. The van der Waals surface area contributed by atoms with E-state index < -0.39 is 0 Å². The molecule has 0 heterocycles. The molecule has 0 aliphatic heterocycles. The van der Waals surface area contributed by atoms with E-state index in [0.717, 1.165) is 25.7 Å². The fraction of sp³-hybridized carbons (Fsp3) is 0.929. The Bertz CT molecular complexity index is 234. The van der Waals surface area contributed by atoms with Crippen molar-refractivity contribution in [3.05, 3.63) is 0 Å². The molecule has 0 aromatic heterocycles. The van der Waals surface area contributed by atoms with Crippen LogP contribution in [0.5, 0.6) is 0 Å². The van der Waals surface area contributed by atoms with E-state index in [1.807, 2.05) is 0 Å². The minimum Gasteiger partial charge on any atom is -0.351 e. The van der Waals surface area contributed by atoms with Gasteiger partial charge in [0.05, 0.1) is 0 Å². The lowest BCUT2D eigenvalue weighted by atomic mass is 9.84. The van der Waals surface area contributed by atoms with Gasteiger partial charge in [0.25, 0.3) is 0 Å². The molecule has 102 valence electrons. The number of rotatable bonds is 8. The van der Waals surface area contributed by atoms with Crippen LogP contribution in [-0.4, -0.2) is 18.0 Å². The largest absolute Gasteiger partial charge is 0.351 e. The van der Waals surface area contributed by atoms with E-state index in [9.17, 15) is 4.79 Å². The summed E-state index contributed by atoms with van der Waals surface area (Å²) in [4.78, 5) is 11.8. The maximum absolute atomic E-state index is 11.8. The van der Waals surface area contributed by atoms with Crippen molar-refractivity contribution in [3.63, 3.8) is 0 Å². The summed E-state index contributed by atoms with van der Waals surface area (Å²) < 4.78 is 0. The van der Waals surface area contributed by atoms with Crippen molar-refractivity contribution in [3.8, 4) is 0 Å². The normalized spacial score (nSPS) is 12.6. The standard InChI is InChI=1S/C14H30N2O/c1-6-8-14(4,5)16-12(17)7-9-13(2,3)10-11-15/h6-11,15H2,1-5H3,(H,16,17). The van der Waals surface area contributed by atoms with Gasteiger partial charge in [0.1, 0.15) is 0 Å². The number of hydrogen-bond donors (Lipinski definition) is 2. The predicted octanol–water partition coefficient (Wildman–Crippen LogP) is 2.84. The smallest absolute Gasteiger partial charge is 0.220 e. The molecule has 0 bridgehead atoms. The lowest BCUT2D eigenvalue weighted by Gasteiger charge is -2.28. The molecular formula is C14H30N2O. The highest BCUT2D eigenvalue weighted by molar-refractivity contribution is 5.76. The van der Waals surface area contributed by atoms with Crippen molar-refractivity contribution < 1.29 is 4.79 Å². The van der Waals surface area contributed by atoms with Crippen molar-refractivity contribution in [2.75, 3.05) is 6.54 Å². The Kier molecular flexibility index (Phi) is 6.76. The van der Waals surface area contributed by atoms with E-state index in [1.165, 1.54) is 0 Å². The van der Waals surface area contributed by atoms with Crippen LogP contribution in [0.2, 0.25) is 0 Å². The third kappa shape index (κ3) is 8.19. The van der Waals surface area contributed by atoms with Crippen LogP contribution in [0.1, 0.15) is 66.7 Å². The van der Waals surface area contributed by atoms with E-state index in [2.05, 4.69) is 39.9 Å². The van der Waals surface area contributed by atoms with Crippen molar-refractivity contribution in [1.82, 2.24) is 5.32 Å². The Labute approximate surface area is 107 Å². The molecule has 0 spiro atoms. The molecule has 3 nitrogen and oxygen atoms in total. The number of nitrogens with two attached hydrogens (primary N) is 1. The minimum atomic E-state index is -0.0795. The molecule has 17 heavy (non-hydrogen) atoms. The fourth-order valence-electron chi connectivity index (χ4n) is 2.10. The average Bonchev–Trinajstić information content (AvgIpc) is 2.14. The van der Waals surface area contributed by atoms with Gasteiger partial charge >= 0.3 is 0 Å². The van der Waals surface area contributed by atoms with Gasteiger partial charge in [-0.1, -0.05) is 27.2 Å². The number of carbonyl (C=O) groups excluding carboxylic acids is 1. The Morgan fingerprint density at radius 3 is 2.18 bits per heavy atom. The Morgan fingerprint density at radius 1 is 1.12 bits per heavy atom. The second-order valence-corrected chi connectivity index (χ2v) is 6.38. The maximum Gasteiger partial charge on any atom is 0.220 e. The molecule has 0 fully saturated rings. The van der Waals surface area contributed by atoms with Gasteiger partial charge in [-0.15, -0.1) is 0 Å². The summed E-state index contributed by atoms with van der Waals surface area (Å²) in [5, 5.41) is 3.10. The molecular weight excluding hydrogens is 212 g/mol. The molecule has 0 aliphatic rings. The molecule has 0 aromatic rings. The third-order valence-electron chi connectivity index (χ3n) is 3.20. The topological polar surface area (TPSA) is 55.1 Å². The highest BCUT2D eigenvalue weighted by Crippen LogP contribution is 2.26. The van der Waals surface area contributed by atoms with Gasteiger partial charge in [-0.3, -0.25) is 4.79 Å². The summed E-state index contributed by atoms with van der Waals surface area (Å²) >= 11 is 0. The first-order valence-electron chi connectivity index (χ1n) is 6.73. The molecule has 3 heteroatoms. The van der Waals surface area contributed by atoms with Crippen LogP contribution >= 0.6 is 0 Å². The van der Waals surface area contributed by atoms with Crippen molar-refractivity contribution in [2.45, 2.75) is 72.3 Å². The second-order valence-electron chi connectivity index (χ2n) is 6.38. The Morgan fingerprint density at radius 2 is 1.71 bits per heavy atom. The van der Waals surface area contributed by atoms with Gasteiger partial charge in [0, 0.05) is 12.0 Å². The van der Waals surface area contributed by atoms with Gasteiger partial charge in [0.15, 0.2) is 0 Å². The van der Waals surface area contributed by atoms with E-state index in [1.54, 1.807) is 0 Å². The molecule has 0 atom stereocenters. The summed E-state index contributed by atoms with van der Waals surface area (Å²) in [7, 11) is 0. The Hall–Kier alpha value is -0.570. The molecule has 0 unspecified atom stereocenters. The summed E-state index contributed by atoms with van der Waals surface area (Å²) in [6.07, 6.45) is 4.58. The third-order valence-corrected chi connectivity index (χ3v) is 3.20. The molecule has 0 aromatic carbocycles. The van der Waals surface area contributed by atoms with Crippen LogP contribution in [-0.2, 0) is 4.79 Å². The first-order valence-corrected chi connectivity index (χ1v) is 6.73. The molecule has 0 saturated carbocycles. The number of nitrogens with one attached hydrogen (secondary N) is 1. The molecule has 0 aliphatic carbocycles. The SMILES string of the molecule is CCCC(C)(C)NC(=O)CCC(C)(C)CCN. The summed E-state index contributed by atoms with van der Waals surface area (Å²) in [5.74, 6) is 0.161. The molecule has 0 saturated heterocycles. The fourth-order valence-corrected chi connectivity index (χ4v) is 2.10. The van der Waals surface area contributed by atoms with Gasteiger partial charge in [-0.25, -0.2) is 0 Å². The van der Waals surface area contributed by atoms with Crippen LogP contribution in [0, 0.1) is 5.41 Å². The molecule has 3 N–H and O–H groups in total. The van der Waals surface area contributed by atoms with E-state index in [4.69, 9.17) is 5.73 Å². The van der Waals surface area contributed by atoms with Crippen LogP contribution in [0.4, 0.5) is 0 Å². The summed E-state index contributed by atoms with van der Waals surface area (Å²) in [6.45, 7) is 11.3. The van der Waals surface area contributed by atoms with Crippen molar-refractivity contribution in [1.29, 1.82) is 0 Å². The minimum absolute atomic E-state index is 0.0795. The van der Waals surface area contributed by atoms with Crippen LogP contribution in [0.3, 0.4) is 0 Å². The zero-order chi connectivity index (χ0) is 13.5.